The van der Waals surface area contributed by atoms with E-state index in [4.69, 9.17) is 4.74 Å². The van der Waals surface area contributed by atoms with Crippen molar-refractivity contribution in [1.82, 2.24) is 20.0 Å². The third-order valence-electron chi connectivity index (χ3n) is 5.55. The molecule has 2 amide bonds. The van der Waals surface area contributed by atoms with Gasteiger partial charge < -0.3 is 15.0 Å². The minimum Gasteiger partial charge on any atom is -0.488 e. The number of fused-ring (bicyclic) bond motifs is 3. The first-order valence-electron chi connectivity index (χ1n) is 10.8. The normalized spacial score (nSPS) is 16.5. The van der Waals surface area contributed by atoms with Crippen LogP contribution in [0.25, 0.3) is 11.3 Å². The Kier molecular flexibility index (Phi) is 6.69. The molecule has 0 spiro atoms. The van der Waals surface area contributed by atoms with E-state index in [1.54, 1.807) is 17.8 Å². The van der Waals surface area contributed by atoms with E-state index in [1.165, 1.54) is 17.1 Å². The van der Waals surface area contributed by atoms with Crippen LogP contribution in [-0.2, 0) is 18.4 Å². The van der Waals surface area contributed by atoms with Gasteiger partial charge in [0.25, 0.3) is 5.91 Å². The van der Waals surface area contributed by atoms with Crippen LogP contribution in [-0.4, -0.2) is 45.6 Å². The van der Waals surface area contributed by atoms with Crippen molar-refractivity contribution in [2.75, 3.05) is 13.1 Å². The van der Waals surface area contributed by atoms with Gasteiger partial charge in [-0.25, -0.2) is 4.39 Å². The zero-order valence-electron chi connectivity index (χ0n) is 18.8. The maximum atomic E-state index is 13.8. The monoisotopic (exact) mass is 516 g/mol. The summed E-state index contributed by atoms with van der Waals surface area (Å²) in [7, 11) is 1.78. The van der Waals surface area contributed by atoms with E-state index >= 15 is 0 Å². The first-order chi connectivity index (χ1) is 15.7. The molecule has 0 saturated carbocycles. The van der Waals surface area contributed by atoms with Crippen molar-refractivity contribution in [3.8, 4) is 17.0 Å². The molecule has 0 saturated heterocycles. The molecule has 1 aromatic heterocycles. The second-order valence-corrected chi connectivity index (χ2v) is 9.50. The van der Waals surface area contributed by atoms with Crippen molar-refractivity contribution in [2.24, 2.45) is 13.0 Å². The number of hydrogen-bond acceptors (Lipinski definition) is 4. The number of allylic oxidation sites excluding steroid dienone is 3. The van der Waals surface area contributed by atoms with Gasteiger partial charge in [0, 0.05) is 41.2 Å². The minimum atomic E-state index is -0.379. The molecule has 0 bridgehead atoms. The molecule has 9 heteroatoms. The number of aromatic nitrogens is 2. The van der Waals surface area contributed by atoms with Crippen LogP contribution in [0.5, 0.6) is 5.75 Å². The van der Waals surface area contributed by atoms with Gasteiger partial charge in [-0.2, -0.15) is 5.10 Å². The Labute approximate surface area is 200 Å². The van der Waals surface area contributed by atoms with Crippen LogP contribution < -0.4 is 10.1 Å². The molecule has 0 radical (unpaired) electrons. The third-order valence-corrected chi connectivity index (χ3v) is 6.05. The van der Waals surface area contributed by atoms with Crippen molar-refractivity contribution < 1.29 is 18.7 Å². The van der Waals surface area contributed by atoms with Crippen LogP contribution in [0.3, 0.4) is 0 Å². The lowest BCUT2D eigenvalue weighted by molar-refractivity contribution is -0.122. The van der Waals surface area contributed by atoms with Crippen molar-refractivity contribution in [3.63, 3.8) is 0 Å². The molecule has 2 aromatic rings. The Hall–Kier alpha value is -2.94. The maximum Gasteiger partial charge on any atom is 0.275 e. The third kappa shape index (κ3) is 5.03. The molecular formula is C24H26BrFN4O3. The average molecular weight is 517 g/mol. The molecule has 1 aliphatic carbocycles. The van der Waals surface area contributed by atoms with Crippen molar-refractivity contribution in [2.45, 2.75) is 32.9 Å². The number of aryl methyl sites for hydroxylation is 1. The number of halogens is 2. The van der Waals surface area contributed by atoms with Crippen LogP contribution in [0.1, 0.15) is 36.3 Å². The summed E-state index contributed by atoms with van der Waals surface area (Å²) in [5.74, 6) is -0.495. The fourth-order valence-electron chi connectivity index (χ4n) is 4.20. The fourth-order valence-corrected chi connectivity index (χ4v) is 4.56. The summed E-state index contributed by atoms with van der Waals surface area (Å²) in [4.78, 5) is 27.6. The second-order valence-electron chi connectivity index (χ2n) is 8.59. The van der Waals surface area contributed by atoms with Crippen LogP contribution in [0, 0.1) is 5.92 Å². The molecule has 1 atom stereocenters. The van der Waals surface area contributed by atoms with Gasteiger partial charge in [0.1, 0.15) is 18.2 Å². The lowest BCUT2D eigenvalue weighted by Crippen LogP contribution is -2.45. The Morgan fingerprint density at radius 3 is 2.91 bits per heavy atom. The van der Waals surface area contributed by atoms with E-state index in [-0.39, 0.29) is 55.0 Å². The number of amides is 2. The van der Waals surface area contributed by atoms with Crippen molar-refractivity contribution in [1.29, 1.82) is 0 Å². The van der Waals surface area contributed by atoms with E-state index in [1.807, 2.05) is 32.0 Å². The van der Waals surface area contributed by atoms with Gasteiger partial charge in [-0.15, -0.1) is 0 Å². The molecule has 1 aromatic carbocycles. The molecule has 1 unspecified atom stereocenters. The van der Waals surface area contributed by atoms with E-state index < -0.39 is 0 Å². The second kappa shape index (κ2) is 9.51. The van der Waals surface area contributed by atoms with Gasteiger partial charge in [-0.3, -0.25) is 14.3 Å². The predicted octanol–water partition coefficient (Wildman–Crippen LogP) is 4.14. The Balaban J connectivity index is 1.67. The highest BCUT2D eigenvalue weighted by Crippen LogP contribution is 2.40. The summed E-state index contributed by atoms with van der Waals surface area (Å²) in [6.07, 6.45) is 5.23. The maximum absolute atomic E-state index is 13.8. The quantitative estimate of drug-likeness (QED) is 0.625. The summed E-state index contributed by atoms with van der Waals surface area (Å²) in [5, 5.41) is 7.33. The van der Waals surface area contributed by atoms with Crippen molar-refractivity contribution >= 4 is 27.7 Å². The first-order valence-corrected chi connectivity index (χ1v) is 11.6. The van der Waals surface area contributed by atoms with Crippen LogP contribution in [0.15, 0.2) is 46.7 Å². The Morgan fingerprint density at radius 1 is 1.39 bits per heavy atom. The molecule has 7 nitrogen and oxygen atoms in total. The number of hydrogen-bond donors (Lipinski definition) is 1. The molecule has 1 N–H and O–H groups in total. The predicted molar refractivity (Wildman–Crippen MR) is 126 cm³/mol. The minimum absolute atomic E-state index is 0.0598. The van der Waals surface area contributed by atoms with Gasteiger partial charge in [0.2, 0.25) is 5.91 Å². The molecule has 2 aliphatic rings. The van der Waals surface area contributed by atoms with Crippen LogP contribution >= 0.6 is 15.9 Å². The number of rotatable bonds is 6. The van der Waals surface area contributed by atoms with Gasteiger partial charge in [0.15, 0.2) is 5.69 Å². The van der Waals surface area contributed by atoms with Crippen molar-refractivity contribution in [3.05, 3.63) is 58.0 Å². The highest BCUT2D eigenvalue weighted by Gasteiger charge is 2.32. The summed E-state index contributed by atoms with van der Waals surface area (Å²) < 4.78 is 22.3. The molecule has 0 fully saturated rings. The van der Waals surface area contributed by atoms with Crippen LogP contribution in [0.2, 0.25) is 0 Å². The number of carbonyl (C=O) groups is 2. The topological polar surface area (TPSA) is 76.5 Å². The highest BCUT2D eigenvalue weighted by molar-refractivity contribution is 9.10. The molecule has 1 aliphatic heterocycles. The zero-order chi connectivity index (χ0) is 23.7. The number of carbonyl (C=O) groups excluding carboxylic acids is 2. The van der Waals surface area contributed by atoms with E-state index in [9.17, 15) is 14.0 Å². The average Bonchev–Trinajstić information content (AvgIpc) is 3.09. The SMILES string of the molecule is CC(C)NC(=O)CN(CC1C=C(F)C=CC1)C(=O)c1nn(C)c2c1COc1ccc(Br)cc1-2. The number of ether oxygens (including phenoxy) is 1. The molecular weight excluding hydrogens is 491 g/mol. The molecule has 4 rings (SSSR count). The molecule has 33 heavy (non-hydrogen) atoms. The molecule has 2 heterocycles. The first kappa shape index (κ1) is 23.2. The van der Waals surface area contributed by atoms with Gasteiger partial charge in [-0.1, -0.05) is 22.0 Å². The fraction of sp³-hybridized carbons (Fsp3) is 0.375. The smallest absolute Gasteiger partial charge is 0.275 e. The Morgan fingerprint density at radius 2 is 2.18 bits per heavy atom. The summed E-state index contributed by atoms with van der Waals surface area (Å²) in [6.45, 7) is 3.98. The summed E-state index contributed by atoms with van der Waals surface area (Å²) in [5.41, 5.74) is 2.56. The number of nitrogens with one attached hydrogen (secondary N) is 1. The van der Waals surface area contributed by atoms with E-state index in [2.05, 4.69) is 26.3 Å². The van der Waals surface area contributed by atoms with E-state index in [0.29, 0.717) is 12.0 Å². The zero-order valence-corrected chi connectivity index (χ0v) is 20.4. The molecule has 174 valence electrons. The summed E-state index contributed by atoms with van der Waals surface area (Å²) >= 11 is 3.49. The summed E-state index contributed by atoms with van der Waals surface area (Å²) in [6, 6.07) is 5.64. The van der Waals surface area contributed by atoms with Gasteiger partial charge in [-0.05, 0) is 50.6 Å². The highest BCUT2D eigenvalue weighted by atomic mass is 79.9. The lowest BCUT2D eigenvalue weighted by Gasteiger charge is -2.27. The van der Waals surface area contributed by atoms with E-state index in [0.717, 1.165) is 21.5 Å². The number of nitrogens with zero attached hydrogens (tertiary/aromatic N) is 3. The lowest BCUT2D eigenvalue weighted by atomic mass is 9.98. The number of benzene rings is 1. The standard InChI is InChI=1S/C24H26BrFN4O3/c1-14(2)27-21(31)12-30(11-15-5-4-6-17(26)9-15)24(32)22-19-13-33-20-8-7-16(25)10-18(20)23(19)29(3)28-22/h4,6-10,14-15H,5,11-13H2,1-3H3,(H,27,31). The Bertz CT molecular complexity index is 1150. The van der Waals surface area contributed by atoms with Gasteiger partial charge in [0.05, 0.1) is 12.2 Å². The van der Waals surface area contributed by atoms with Gasteiger partial charge >= 0.3 is 0 Å². The van der Waals surface area contributed by atoms with Crippen LogP contribution in [0.4, 0.5) is 4.39 Å². The largest absolute Gasteiger partial charge is 0.488 e.